The van der Waals surface area contributed by atoms with E-state index in [-0.39, 0.29) is 42.7 Å². The van der Waals surface area contributed by atoms with Crippen LogP contribution >= 0.6 is 28.3 Å². The van der Waals surface area contributed by atoms with Crippen LogP contribution in [0.2, 0.25) is 0 Å². The van der Waals surface area contributed by atoms with E-state index >= 15 is 0 Å². The van der Waals surface area contributed by atoms with Crippen LogP contribution in [0.5, 0.6) is 11.5 Å². The first kappa shape index (κ1) is 40.7. The Morgan fingerprint density at radius 2 is 1.15 bits per heavy atom. The predicted molar refractivity (Wildman–Crippen MR) is 178 cm³/mol. The van der Waals surface area contributed by atoms with Gasteiger partial charge in [0, 0.05) is 36.0 Å². The Morgan fingerprint density at radius 1 is 0.729 bits per heavy atom. The molecule has 0 amide bonds. The summed E-state index contributed by atoms with van der Waals surface area (Å²) in [6, 6.07) is 12.3. The fourth-order valence-electron chi connectivity index (χ4n) is 7.35. The Kier molecular flexibility index (Phi) is 14.4. The number of alkyl halides is 7. The lowest BCUT2D eigenvalue weighted by Crippen LogP contribution is -2.50. The highest BCUT2D eigenvalue weighted by atomic mass is 79.9. The molecule has 0 spiro atoms. The Labute approximate surface area is 293 Å². The number of halogens is 8. The molecule has 4 aliphatic heterocycles. The first-order valence-corrected chi connectivity index (χ1v) is 17.2. The third kappa shape index (κ3) is 11.7. The lowest BCUT2D eigenvalue weighted by Gasteiger charge is -2.42. The quantitative estimate of drug-likeness (QED) is 0.196. The number of benzene rings is 2. The molecule has 4 heterocycles. The van der Waals surface area contributed by atoms with Crippen molar-refractivity contribution in [2.45, 2.75) is 113 Å². The van der Waals surface area contributed by atoms with Gasteiger partial charge in [-0.15, -0.1) is 12.4 Å². The van der Waals surface area contributed by atoms with Gasteiger partial charge >= 0.3 is 12.4 Å². The number of ether oxygens (including phenoxy) is 2. The minimum absolute atomic E-state index is 0. The van der Waals surface area contributed by atoms with Crippen molar-refractivity contribution in [2.75, 3.05) is 25.1 Å². The number of rotatable bonds is 7. The zero-order valence-electron chi connectivity index (χ0n) is 27.1. The van der Waals surface area contributed by atoms with Crippen molar-refractivity contribution in [3.8, 4) is 11.5 Å². The maximum atomic E-state index is 12.9. The van der Waals surface area contributed by atoms with Gasteiger partial charge in [0.1, 0.15) is 18.1 Å². The second kappa shape index (κ2) is 17.0. The maximum Gasteiger partial charge on any atom is 0.419 e. The number of piperidine rings is 2. The summed E-state index contributed by atoms with van der Waals surface area (Å²) in [5.74, 6) is -0.240. The van der Waals surface area contributed by atoms with Crippen molar-refractivity contribution >= 4 is 28.3 Å². The normalized spacial score (nSPS) is 29.5. The summed E-state index contributed by atoms with van der Waals surface area (Å²) < 4.78 is 86.3. The zero-order valence-corrected chi connectivity index (χ0v) is 29.5. The molecule has 0 saturated carbocycles. The molecule has 272 valence electrons. The summed E-state index contributed by atoms with van der Waals surface area (Å²) in [4.78, 5) is 2.29. The molecular weight excluding hydrogens is 730 g/mol. The number of nitrogens with zero attached hydrogens (tertiary/aromatic N) is 1. The largest absolute Gasteiger partial charge is 0.492 e. The second-order valence-electron chi connectivity index (χ2n) is 13.4. The van der Waals surface area contributed by atoms with Crippen LogP contribution in [0.3, 0.4) is 0 Å². The number of aliphatic hydroxyl groups is 2. The molecule has 6 atom stereocenters. The Hall–Kier alpha value is -1.77. The van der Waals surface area contributed by atoms with E-state index in [2.05, 4.69) is 26.1 Å². The van der Waals surface area contributed by atoms with Crippen LogP contribution in [0.4, 0.5) is 26.3 Å². The Morgan fingerprint density at radius 3 is 1.58 bits per heavy atom. The minimum Gasteiger partial charge on any atom is -0.492 e. The van der Waals surface area contributed by atoms with Crippen molar-refractivity contribution in [2.24, 2.45) is 0 Å². The Bertz CT molecular complexity index is 1270. The summed E-state index contributed by atoms with van der Waals surface area (Å²) in [7, 11) is 0. The smallest absolute Gasteiger partial charge is 0.419 e. The molecule has 6 nitrogen and oxygen atoms in total. The van der Waals surface area contributed by atoms with Gasteiger partial charge in [-0.05, 0) is 89.5 Å². The van der Waals surface area contributed by atoms with Crippen LogP contribution in [0, 0.1) is 0 Å². The Balaban J connectivity index is 0.000000213. The van der Waals surface area contributed by atoms with Gasteiger partial charge in [0.05, 0.1) is 28.9 Å². The summed E-state index contributed by atoms with van der Waals surface area (Å²) in [6.07, 6.45) is -0.803. The van der Waals surface area contributed by atoms with Crippen molar-refractivity contribution < 1.29 is 46.0 Å². The van der Waals surface area contributed by atoms with Gasteiger partial charge in [0.25, 0.3) is 0 Å². The summed E-state index contributed by atoms with van der Waals surface area (Å²) in [6.45, 7) is 4.86. The van der Waals surface area contributed by atoms with Crippen LogP contribution in [0.1, 0.15) is 76.3 Å². The van der Waals surface area contributed by atoms with Gasteiger partial charge < -0.3 is 25.0 Å². The van der Waals surface area contributed by atoms with E-state index < -0.39 is 29.1 Å². The van der Waals surface area contributed by atoms with Gasteiger partial charge in [0.15, 0.2) is 0 Å². The molecule has 6 rings (SSSR count). The fraction of sp³-hybridized carbons (Fsp3) is 0.647. The van der Waals surface area contributed by atoms with Gasteiger partial charge in [-0.25, -0.2) is 0 Å². The van der Waals surface area contributed by atoms with E-state index in [0.29, 0.717) is 36.0 Å². The van der Waals surface area contributed by atoms with E-state index in [9.17, 15) is 36.6 Å². The number of fused-ring (bicyclic) bond motifs is 4. The molecule has 4 bridgehead atoms. The van der Waals surface area contributed by atoms with Crippen LogP contribution < -0.4 is 14.8 Å². The standard InChI is InChI=1S/C17H22F3NO2.C9H8BrF3O.C8H15NO.ClH/c1-16(22)10-12-6-7-13(11-16)21(12)8-9-23-15-5-3-2-4-14(15)17(18,19)20;10-5-6-14-8-4-2-1-3-7(8)9(11,12)13;1-8(10)4-6-2-3-7(5-8)9-6;/h2-5,12-13,22H,6-11H2,1H3;1-4H,5-6H2;6-7,9-10H,2-5H2,1H3;1H/t12-,13+,16?;;6-,7+,8?;. The van der Waals surface area contributed by atoms with Gasteiger partial charge in [-0.3, -0.25) is 4.90 Å². The molecule has 0 aromatic heterocycles. The highest BCUT2D eigenvalue weighted by Crippen LogP contribution is 2.41. The monoisotopic (exact) mass is 774 g/mol. The molecule has 4 aliphatic rings. The van der Waals surface area contributed by atoms with E-state index in [1.54, 1.807) is 6.07 Å². The minimum atomic E-state index is -4.40. The molecular formula is C34H46BrClF6N2O4. The van der Waals surface area contributed by atoms with E-state index in [0.717, 1.165) is 50.7 Å². The van der Waals surface area contributed by atoms with E-state index in [1.807, 2.05) is 13.8 Å². The molecule has 14 heteroatoms. The van der Waals surface area contributed by atoms with Crippen LogP contribution in [0.25, 0.3) is 0 Å². The zero-order chi connectivity index (χ0) is 34.5. The average Bonchev–Trinajstić information content (AvgIpc) is 3.46. The molecule has 2 aromatic carbocycles. The van der Waals surface area contributed by atoms with E-state index in [4.69, 9.17) is 9.47 Å². The molecule has 3 N–H and O–H groups in total. The third-order valence-corrected chi connectivity index (χ3v) is 9.48. The fourth-order valence-corrected chi connectivity index (χ4v) is 7.51. The lowest BCUT2D eigenvalue weighted by atomic mass is 9.88. The molecule has 0 aliphatic carbocycles. The summed E-state index contributed by atoms with van der Waals surface area (Å²) in [5, 5.41) is 23.9. The lowest BCUT2D eigenvalue weighted by molar-refractivity contribution is -0.139. The SMILES string of the molecule is CC1(O)C[C@H]2CC[C@@H](C1)N2.CC1(O)C[C@H]2CC[C@@H](C1)N2CCOc1ccccc1C(F)(F)F.Cl.FC(F)(F)c1ccccc1OCCBr. The summed E-state index contributed by atoms with van der Waals surface area (Å²) >= 11 is 3.08. The number of nitrogens with one attached hydrogen (secondary N) is 1. The van der Waals surface area contributed by atoms with Crippen molar-refractivity contribution in [1.29, 1.82) is 0 Å². The predicted octanol–water partition coefficient (Wildman–Crippen LogP) is 8.01. The molecule has 4 saturated heterocycles. The van der Waals surface area contributed by atoms with Gasteiger partial charge in [0.2, 0.25) is 0 Å². The van der Waals surface area contributed by atoms with Gasteiger partial charge in [-0.1, -0.05) is 40.2 Å². The molecule has 48 heavy (non-hydrogen) atoms. The first-order valence-electron chi connectivity index (χ1n) is 16.1. The number of hydrogen-bond donors (Lipinski definition) is 3. The van der Waals surface area contributed by atoms with Crippen molar-refractivity contribution in [3.63, 3.8) is 0 Å². The summed E-state index contributed by atoms with van der Waals surface area (Å²) in [5.41, 5.74) is -2.46. The van der Waals surface area contributed by atoms with Crippen molar-refractivity contribution in [1.82, 2.24) is 10.2 Å². The highest BCUT2D eigenvalue weighted by Gasteiger charge is 2.45. The van der Waals surface area contributed by atoms with Gasteiger partial charge in [-0.2, -0.15) is 26.3 Å². The second-order valence-corrected chi connectivity index (χ2v) is 14.2. The number of para-hydroxylation sites is 2. The molecule has 0 radical (unpaired) electrons. The molecule has 2 unspecified atom stereocenters. The molecule has 4 fully saturated rings. The maximum absolute atomic E-state index is 12.9. The average molecular weight is 776 g/mol. The van der Waals surface area contributed by atoms with E-state index in [1.165, 1.54) is 43.2 Å². The molecule has 2 aromatic rings. The van der Waals surface area contributed by atoms with Crippen LogP contribution in [-0.4, -0.2) is 75.6 Å². The first-order chi connectivity index (χ1) is 22.0. The third-order valence-electron chi connectivity index (χ3n) is 9.16. The highest BCUT2D eigenvalue weighted by molar-refractivity contribution is 9.09. The van der Waals surface area contributed by atoms with Crippen LogP contribution in [0.15, 0.2) is 48.5 Å². The van der Waals surface area contributed by atoms with Crippen molar-refractivity contribution in [3.05, 3.63) is 59.7 Å². The topological polar surface area (TPSA) is 74.2 Å². The van der Waals surface area contributed by atoms with Crippen LogP contribution in [-0.2, 0) is 12.4 Å². The number of hydrogen-bond acceptors (Lipinski definition) is 6.